The number of unbranched alkanes of at least 4 members (excludes halogenated alkanes) is 2. The molecule has 0 spiro atoms. The number of anilines is 1. The topological polar surface area (TPSA) is 67.8 Å². The zero-order chi connectivity index (χ0) is 15.1. The van der Waals surface area contributed by atoms with E-state index >= 15 is 0 Å². The van der Waals surface area contributed by atoms with Gasteiger partial charge in [0.25, 0.3) is 5.91 Å². The Bertz CT molecular complexity index is 600. The lowest BCUT2D eigenvalue weighted by molar-refractivity contribution is 0.102. The maximum Gasteiger partial charge on any atom is 0.257 e. The third-order valence-corrected chi connectivity index (χ3v) is 4.43. The van der Waals surface area contributed by atoms with Crippen LogP contribution >= 0.6 is 23.1 Å². The molecule has 1 amide bonds. The van der Waals surface area contributed by atoms with Crippen molar-refractivity contribution in [3.63, 3.8) is 0 Å². The third kappa shape index (κ3) is 4.78. The minimum absolute atomic E-state index is 0.177. The van der Waals surface area contributed by atoms with Gasteiger partial charge in [-0.05, 0) is 24.8 Å². The number of amides is 1. The van der Waals surface area contributed by atoms with Crippen LogP contribution in [0.1, 0.15) is 41.6 Å². The number of nitrogens with one attached hydrogen (secondary N) is 1. The van der Waals surface area contributed by atoms with Crippen LogP contribution in [0.15, 0.2) is 23.4 Å². The fourth-order valence-electron chi connectivity index (χ4n) is 1.76. The molecule has 0 bridgehead atoms. The van der Waals surface area contributed by atoms with Crippen LogP contribution in [0.25, 0.3) is 0 Å². The van der Waals surface area contributed by atoms with Crippen LogP contribution < -0.4 is 5.32 Å². The van der Waals surface area contributed by atoms with E-state index in [2.05, 4.69) is 27.4 Å². The molecule has 0 radical (unpaired) electrons. The van der Waals surface area contributed by atoms with E-state index in [-0.39, 0.29) is 5.91 Å². The standard InChI is InChI=1S/C14H18N4OS2/c1-3-4-5-6-11-17-18-14(21-11)16-13(19)10-7-8-15-12(9-10)20-2/h7-9H,3-6H2,1-2H3,(H,16,18,19). The first-order valence-electron chi connectivity index (χ1n) is 6.86. The quantitative estimate of drug-likeness (QED) is 0.622. The fraction of sp³-hybridized carbons (Fsp3) is 0.429. The number of carbonyl (C=O) groups is 1. The predicted molar refractivity (Wildman–Crippen MR) is 87.1 cm³/mol. The van der Waals surface area contributed by atoms with E-state index in [1.807, 2.05) is 6.26 Å². The van der Waals surface area contributed by atoms with Gasteiger partial charge in [-0.1, -0.05) is 31.1 Å². The van der Waals surface area contributed by atoms with Gasteiger partial charge in [0.2, 0.25) is 5.13 Å². The second kappa shape index (κ2) is 8.09. The molecule has 0 unspecified atom stereocenters. The molecule has 0 atom stereocenters. The minimum atomic E-state index is -0.177. The molecule has 1 N–H and O–H groups in total. The summed E-state index contributed by atoms with van der Waals surface area (Å²) >= 11 is 2.95. The second-order valence-corrected chi connectivity index (χ2v) is 6.39. The number of rotatable bonds is 7. The van der Waals surface area contributed by atoms with Crippen molar-refractivity contribution in [2.45, 2.75) is 37.6 Å². The van der Waals surface area contributed by atoms with Crippen molar-refractivity contribution >= 4 is 34.1 Å². The summed E-state index contributed by atoms with van der Waals surface area (Å²) in [4.78, 5) is 16.3. The molecular formula is C14H18N4OS2. The van der Waals surface area contributed by atoms with Crippen LogP contribution in [-0.4, -0.2) is 27.3 Å². The van der Waals surface area contributed by atoms with Gasteiger partial charge in [0, 0.05) is 18.2 Å². The lowest BCUT2D eigenvalue weighted by Crippen LogP contribution is -2.11. The molecule has 2 rings (SSSR count). The van der Waals surface area contributed by atoms with E-state index in [1.54, 1.807) is 18.3 Å². The van der Waals surface area contributed by atoms with Crippen LogP contribution in [0.3, 0.4) is 0 Å². The minimum Gasteiger partial charge on any atom is -0.296 e. The van der Waals surface area contributed by atoms with Crippen LogP contribution in [0.2, 0.25) is 0 Å². The first-order chi connectivity index (χ1) is 10.2. The summed E-state index contributed by atoms with van der Waals surface area (Å²) in [6, 6.07) is 3.46. The number of hydrogen-bond donors (Lipinski definition) is 1. The Kier molecular flexibility index (Phi) is 6.13. The molecule has 112 valence electrons. The molecule has 0 aliphatic heterocycles. The zero-order valence-corrected chi connectivity index (χ0v) is 13.8. The average Bonchev–Trinajstić information content (AvgIpc) is 2.95. The van der Waals surface area contributed by atoms with Gasteiger partial charge in [-0.15, -0.1) is 22.0 Å². The molecule has 7 heteroatoms. The second-order valence-electron chi connectivity index (χ2n) is 4.50. The molecule has 2 aromatic heterocycles. The highest BCUT2D eigenvalue weighted by atomic mass is 32.2. The monoisotopic (exact) mass is 322 g/mol. The molecule has 2 aromatic rings. The molecule has 0 aromatic carbocycles. The van der Waals surface area contributed by atoms with Crippen molar-refractivity contribution in [1.82, 2.24) is 15.2 Å². The number of carbonyl (C=O) groups excluding carboxylic acids is 1. The first kappa shape index (κ1) is 15.9. The van der Waals surface area contributed by atoms with E-state index in [1.165, 1.54) is 35.9 Å². The van der Waals surface area contributed by atoms with Crippen molar-refractivity contribution in [1.29, 1.82) is 0 Å². The van der Waals surface area contributed by atoms with Crippen LogP contribution in [0.4, 0.5) is 5.13 Å². The summed E-state index contributed by atoms with van der Waals surface area (Å²) in [7, 11) is 0. The van der Waals surface area contributed by atoms with E-state index in [4.69, 9.17) is 0 Å². The van der Waals surface area contributed by atoms with E-state index in [0.717, 1.165) is 22.9 Å². The Balaban J connectivity index is 1.96. The Hall–Kier alpha value is -1.47. The van der Waals surface area contributed by atoms with Gasteiger partial charge in [0.15, 0.2) is 0 Å². The lowest BCUT2D eigenvalue weighted by Gasteiger charge is -2.02. The summed E-state index contributed by atoms with van der Waals surface area (Å²) in [5, 5.41) is 13.3. The Morgan fingerprint density at radius 3 is 3.00 bits per heavy atom. The van der Waals surface area contributed by atoms with Gasteiger partial charge < -0.3 is 0 Å². The molecule has 5 nitrogen and oxygen atoms in total. The highest BCUT2D eigenvalue weighted by molar-refractivity contribution is 7.98. The molecule has 0 saturated heterocycles. The number of hydrogen-bond acceptors (Lipinski definition) is 6. The van der Waals surface area contributed by atoms with Crippen molar-refractivity contribution < 1.29 is 4.79 Å². The maximum absolute atomic E-state index is 12.1. The summed E-state index contributed by atoms with van der Waals surface area (Å²) in [5.74, 6) is -0.177. The summed E-state index contributed by atoms with van der Waals surface area (Å²) in [6.45, 7) is 2.17. The van der Waals surface area contributed by atoms with Gasteiger partial charge in [-0.25, -0.2) is 4.98 Å². The number of thioether (sulfide) groups is 1. The van der Waals surface area contributed by atoms with Crippen LogP contribution in [0, 0.1) is 0 Å². The van der Waals surface area contributed by atoms with Crippen molar-refractivity contribution in [2.24, 2.45) is 0 Å². The largest absolute Gasteiger partial charge is 0.296 e. The van der Waals surface area contributed by atoms with E-state index in [0.29, 0.717) is 10.7 Å². The molecular weight excluding hydrogens is 304 g/mol. The number of nitrogens with zero attached hydrogens (tertiary/aromatic N) is 3. The highest BCUT2D eigenvalue weighted by Crippen LogP contribution is 2.19. The van der Waals surface area contributed by atoms with Crippen molar-refractivity contribution in [3.8, 4) is 0 Å². The maximum atomic E-state index is 12.1. The van der Waals surface area contributed by atoms with Gasteiger partial charge in [0.1, 0.15) is 5.01 Å². The average molecular weight is 322 g/mol. The molecule has 2 heterocycles. The van der Waals surface area contributed by atoms with Crippen molar-refractivity contribution in [2.75, 3.05) is 11.6 Å². The molecule has 21 heavy (non-hydrogen) atoms. The number of pyridine rings is 1. The summed E-state index contributed by atoms with van der Waals surface area (Å²) < 4.78 is 0. The molecule has 0 aliphatic rings. The Morgan fingerprint density at radius 1 is 1.38 bits per heavy atom. The Labute approximate surface area is 132 Å². The Morgan fingerprint density at radius 2 is 2.24 bits per heavy atom. The van der Waals surface area contributed by atoms with E-state index in [9.17, 15) is 4.79 Å². The van der Waals surface area contributed by atoms with Crippen molar-refractivity contribution in [3.05, 3.63) is 28.9 Å². The number of aromatic nitrogens is 3. The van der Waals surface area contributed by atoms with Gasteiger partial charge in [-0.3, -0.25) is 10.1 Å². The molecule has 0 saturated carbocycles. The SMILES string of the molecule is CCCCCc1nnc(NC(=O)c2ccnc(SC)c2)s1. The normalized spacial score (nSPS) is 10.6. The van der Waals surface area contributed by atoms with Gasteiger partial charge in [0.05, 0.1) is 5.03 Å². The van der Waals surface area contributed by atoms with E-state index < -0.39 is 0 Å². The third-order valence-electron chi connectivity index (χ3n) is 2.89. The fourth-order valence-corrected chi connectivity index (χ4v) is 2.95. The number of aryl methyl sites for hydroxylation is 1. The van der Waals surface area contributed by atoms with Crippen LogP contribution in [-0.2, 0) is 6.42 Å². The zero-order valence-electron chi connectivity index (χ0n) is 12.1. The first-order valence-corrected chi connectivity index (χ1v) is 8.91. The lowest BCUT2D eigenvalue weighted by atomic mass is 10.2. The highest BCUT2D eigenvalue weighted by Gasteiger charge is 2.11. The van der Waals surface area contributed by atoms with Gasteiger partial charge >= 0.3 is 0 Å². The van der Waals surface area contributed by atoms with Crippen LogP contribution in [0.5, 0.6) is 0 Å². The predicted octanol–water partition coefficient (Wildman–Crippen LogP) is 3.64. The summed E-state index contributed by atoms with van der Waals surface area (Å²) in [5.41, 5.74) is 0.581. The molecule has 0 fully saturated rings. The smallest absolute Gasteiger partial charge is 0.257 e. The summed E-state index contributed by atoms with van der Waals surface area (Å²) in [6.07, 6.45) is 7.97. The van der Waals surface area contributed by atoms with Gasteiger partial charge in [-0.2, -0.15) is 0 Å². The molecule has 0 aliphatic carbocycles.